The van der Waals surface area contributed by atoms with E-state index in [1.165, 1.54) is 10.8 Å². The highest BCUT2D eigenvalue weighted by Gasteiger charge is 2.27. The number of aromatic nitrogens is 2. The van der Waals surface area contributed by atoms with Crippen molar-refractivity contribution in [3.63, 3.8) is 0 Å². The molecule has 1 atom stereocenters. The summed E-state index contributed by atoms with van der Waals surface area (Å²) in [5.74, 6) is -0.508. The average molecular weight is 449 g/mol. The Hall–Kier alpha value is -3.94. The molecule has 0 unspecified atom stereocenters. The van der Waals surface area contributed by atoms with Crippen molar-refractivity contribution in [1.82, 2.24) is 14.9 Å². The van der Waals surface area contributed by atoms with Crippen LogP contribution in [0.1, 0.15) is 31.9 Å². The number of carbonyl (C=O) groups excluding carboxylic acids is 2. The average Bonchev–Trinajstić information content (AvgIpc) is 2.75. The summed E-state index contributed by atoms with van der Waals surface area (Å²) in [6, 6.07) is 16.8. The second-order valence-electron chi connectivity index (χ2n) is 8.60. The number of hydrogen-bond donors (Lipinski definition) is 2. The van der Waals surface area contributed by atoms with Crippen molar-refractivity contribution >= 4 is 17.7 Å². The molecule has 0 radical (unpaired) electrons. The number of nitrogens with one attached hydrogen (secondary N) is 2. The highest BCUT2D eigenvalue weighted by molar-refractivity contribution is 5.92. The van der Waals surface area contributed by atoms with Gasteiger partial charge in [0.1, 0.15) is 11.6 Å². The molecule has 8 nitrogen and oxygen atoms in total. The first-order valence-corrected chi connectivity index (χ1v) is 10.6. The number of hydrogen-bond acceptors (Lipinski definition) is 5. The van der Waals surface area contributed by atoms with Crippen molar-refractivity contribution in [3.05, 3.63) is 94.7 Å². The van der Waals surface area contributed by atoms with Crippen molar-refractivity contribution in [1.29, 1.82) is 0 Å². The zero-order chi connectivity index (χ0) is 23.8. The number of benzene rings is 2. The van der Waals surface area contributed by atoms with Gasteiger partial charge in [-0.15, -0.1) is 0 Å². The third-order valence-corrected chi connectivity index (χ3v) is 4.60. The highest BCUT2D eigenvalue weighted by Crippen LogP contribution is 2.14. The van der Waals surface area contributed by atoms with E-state index in [-0.39, 0.29) is 5.69 Å². The standard InChI is InChI=1S/C25H28N4O4/c1-25(2,3)33-22(30)21(16-18-9-5-4-6-10-18)28-23(31)27-20-12-7-11-19(15-20)17-29-14-8-13-26-24(29)32/h4-15,21H,16-17H2,1-3H3,(H2,27,28,31)/t21-/m0/s1. The third-order valence-electron chi connectivity index (χ3n) is 4.60. The Balaban J connectivity index is 1.69. The van der Waals surface area contributed by atoms with Gasteiger partial charge in [0, 0.05) is 24.5 Å². The Kier molecular flexibility index (Phi) is 7.61. The Morgan fingerprint density at radius 2 is 1.76 bits per heavy atom. The van der Waals surface area contributed by atoms with Crippen molar-refractivity contribution in [3.8, 4) is 0 Å². The Morgan fingerprint density at radius 1 is 1.03 bits per heavy atom. The van der Waals surface area contributed by atoms with Gasteiger partial charge in [-0.2, -0.15) is 0 Å². The summed E-state index contributed by atoms with van der Waals surface area (Å²) in [6.45, 7) is 5.66. The summed E-state index contributed by atoms with van der Waals surface area (Å²) in [5.41, 5.74) is 1.22. The van der Waals surface area contributed by atoms with E-state index in [1.54, 1.807) is 51.2 Å². The molecule has 0 spiro atoms. The number of carbonyl (C=O) groups is 2. The third kappa shape index (κ3) is 7.60. The normalized spacial score (nSPS) is 12.0. The Bertz CT molecular complexity index is 1150. The molecule has 1 heterocycles. The molecule has 1 aromatic heterocycles. The van der Waals surface area contributed by atoms with Gasteiger partial charge >= 0.3 is 17.7 Å². The molecule has 0 aliphatic rings. The fraction of sp³-hybridized carbons (Fsp3) is 0.280. The molecule has 2 aromatic carbocycles. The summed E-state index contributed by atoms with van der Waals surface area (Å²) in [4.78, 5) is 41.0. The van der Waals surface area contributed by atoms with Gasteiger partial charge in [0.2, 0.25) is 0 Å². The minimum atomic E-state index is -0.858. The highest BCUT2D eigenvalue weighted by atomic mass is 16.6. The number of anilines is 1. The molecular weight excluding hydrogens is 420 g/mol. The Morgan fingerprint density at radius 3 is 2.45 bits per heavy atom. The van der Waals surface area contributed by atoms with Crippen LogP contribution < -0.4 is 16.3 Å². The number of amides is 2. The van der Waals surface area contributed by atoms with E-state index in [2.05, 4.69) is 15.6 Å². The summed E-state index contributed by atoms with van der Waals surface area (Å²) >= 11 is 0. The van der Waals surface area contributed by atoms with Crippen LogP contribution in [-0.4, -0.2) is 33.2 Å². The Labute approximate surface area is 192 Å². The van der Waals surface area contributed by atoms with Gasteiger partial charge in [-0.3, -0.25) is 4.57 Å². The second kappa shape index (κ2) is 10.6. The van der Waals surface area contributed by atoms with E-state index >= 15 is 0 Å². The number of rotatable bonds is 7. The monoisotopic (exact) mass is 448 g/mol. The number of urea groups is 1. The van der Waals surface area contributed by atoms with Crippen LogP contribution in [0.3, 0.4) is 0 Å². The largest absolute Gasteiger partial charge is 0.458 e. The number of nitrogens with zero attached hydrogens (tertiary/aromatic N) is 2. The van der Waals surface area contributed by atoms with E-state index in [0.717, 1.165) is 11.1 Å². The molecule has 0 bridgehead atoms. The van der Waals surface area contributed by atoms with Crippen LogP contribution in [0.25, 0.3) is 0 Å². The topological polar surface area (TPSA) is 102 Å². The lowest BCUT2D eigenvalue weighted by Crippen LogP contribution is -2.47. The van der Waals surface area contributed by atoms with Crippen LogP contribution >= 0.6 is 0 Å². The first-order valence-electron chi connectivity index (χ1n) is 10.6. The predicted molar refractivity (Wildman–Crippen MR) is 126 cm³/mol. The van der Waals surface area contributed by atoms with Crippen LogP contribution in [0, 0.1) is 0 Å². The van der Waals surface area contributed by atoms with E-state index in [0.29, 0.717) is 18.7 Å². The first-order chi connectivity index (χ1) is 15.7. The van der Waals surface area contributed by atoms with Gasteiger partial charge < -0.3 is 15.4 Å². The molecule has 3 aromatic rings. The van der Waals surface area contributed by atoms with Crippen LogP contribution in [0.5, 0.6) is 0 Å². The molecule has 33 heavy (non-hydrogen) atoms. The predicted octanol–water partition coefficient (Wildman–Crippen LogP) is 3.37. The smallest absolute Gasteiger partial charge is 0.347 e. The van der Waals surface area contributed by atoms with Crippen molar-refractivity contribution < 1.29 is 14.3 Å². The molecule has 2 amide bonds. The summed E-state index contributed by atoms with van der Waals surface area (Å²) in [6.07, 6.45) is 3.39. The minimum absolute atomic E-state index is 0.299. The van der Waals surface area contributed by atoms with Crippen LogP contribution in [0.4, 0.5) is 10.5 Å². The fourth-order valence-corrected chi connectivity index (χ4v) is 3.19. The van der Waals surface area contributed by atoms with Gasteiger partial charge in [0.05, 0.1) is 6.54 Å². The fourth-order valence-electron chi connectivity index (χ4n) is 3.19. The molecule has 0 saturated heterocycles. The van der Waals surface area contributed by atoms with Gasteiger partial charge in [0.25, 0.3) is 0 Å². The first kappa shape index (κ1) is 23.7. The lowest BCUT2D eigenvalue weighted by atomic mass is 10.1. The van der Waals surface area contributed by atoms with E-state index in [9.17, 15) is 14.4 Å². The zero-order valence-corrected chi connectivity index (χ0v) is 18.9. The van der Waals surface area contributed by atoms with Crippen molar-refractivity contribution in [2.75, 3.05) is 5.32 Å². The van der Waals surface area contributed by atoms with E-state index < -0.39 is 23.6 Å². The summed E-state index contributed by atoms with van der Waals surface area (Å²) in [7, 11) is 0. The lowest BCUT2D eigenvalue weighted by Gasteiger charge is -2.25. The number of ether oxygens (including phenoxy) is 1. The summed E-state index contributed by atoms with van der Waals surface area (Å²) < 4.78 is 6.97. The van der Waals surface area contributed by atoms with Crippen LogP contribution in [0.15, 0.2) is 77.9 Å². The minimum Gasteiger partial charge on any atom is -0.458 e. The van der Waals surface area contributed by atoms with Crippen LogP contribution in [0.2, 0.25) is 0 Å². The van der Waals surface area contributed by atoms with E-state index in [1.807, 2.05) is 36.4 Å². The molecule has 2 N–H and O–H groups in total. The molecule has 0 aliphatic heterocycles. The van der Waals surface area contributed by atoms with Crippen molar-refractivity contribution in [2.45, 2.75) is 45.4 Å². The second-order valence-corrected chi connectivity index (χ2v) is 8.60. The van der Waals surface area contributed by atoms with Crippen LogP contribution in [-0.2, 0) is 22.5 Å². The van der Waals surface area contributed by atoms with Gasteiger partial charge in [0.15, 0.2) is 0 Å². The molecule has 172 valence electrons. The lowest BCUT2D eigenvalue weighted by molar-refractivity contribution is -0.157. The molecule has 8 heteroatoms. The molecule has 0 fully saturated rings. The van der Waals surface area contributed by atoms with Crippen molar-refractivity contribution in [2.24, 2.45) is 0 Å². The van der Waals surface area contributed by atoms with Gasteiger partial charge in [-0.25, -0.2) is 19.4 Å². The molecule has 3 rings (SSSR count). The SMILES string of the molecule is CC(C)(C)OC(=O)[C@H](Cc1ccccc1)NC(=O)Nc1cccc(Cn2cccnc2=O)c1. The zero-order valence-electron chi connectivity index (χ0n) is 18.9. The van der Waals surface area contributed by atoms with Gasteiger partial charge in [-0.05, 0) is 50.1 Å². The molecule has 0 saturated carbocycles. The molecular formula is C25H28N4O4. The van der Waals surface area contributed by atoms with Gasteiger partial charge in [-0.1, -0.05) is 42.5 Å². The number of esters is 1. The maximum Gasteiger partial charge on any atom is 0.347 e. The van der Waals surface area contributed by atoms with E-state index in [4.69, 9.17) is 4.74 Å². The summed E-state index contributed by atoms with van der Waals surface area (Å²) in [5, 5.41) is 5.48. The maximum atomic E-state index is 12.7. The quantitative estimate of drug-likeness (QED) is 0.540. The maximum absolute atomic E-state index is 12.7. The molecule has 0 aliphatic carbocycles.